The fourth-order valence-corrected chi connectivity index (χ4v) is 4.00. The van der Waals surface area contributed by atoms with E-state index in [1.165, 1.54) is 25.0 Å². The first kappa shape index (κ1) is 16.0. The fourth-order valence-electron chi connectivity index (χ4n) is 3.51. The molecule has 112 valence electrons. The highest BCUT2D eigenvalue weighted by Crippen LogP contribution is 2.38. The highest BCUT2D eigenvalue weighted by Gasteiger charge is 2.34. The smallest absolute Gasteiger partial charge is 0.124 e. The molecule has 1 N–H and O–H groups in total. The van der Waals surface area contributed by atoms with Crippen LogP contribution >= 0.6 is 15.9 Å². The van der Waals surface area contributed by atoms with E-state index in [9.17, 15) is 9.50 Å². The third kappa shape index (κ3) is 4.29. The molecule has 1 nitrogen and oxygen atoms in total. The summed E-state index contributed by atoms with van der Waals surface area (Å²) in [4.78, 5) is 0. The molecule has 0 aliphatic heterocycles. The van der Waals surface area contributed by atoms with Crippen molar-refractivity contribution in [3.63, 3.8) is 0 Å². The Bertz CT molecular complexity index is 460. The Morgan fingerprint density at radius 1 is 1.45 bits per heavy atom. The Balaban J connectivity index is 2.06. The van der Waals surface area contributed by atoms with Gasteiger partial charge in [-0.1, -0.05) is 48.7 Å². The molecule has 3 heteroatoms. The van der Waals surface area contributed by atoms with E-state index in [4.69, 9.17) is 0 Å². The number of halogens is 2. The van der Waals surface area contributed by atoms with E-state index in [-0.39, 0.29) is 5.82 Å². The van der Waals surface area contributed by atoms with E-state index in [1.54, 1.807) is 6.07 Å². The zero-order valence-corrected chi connectivity index (χ0v) is 13.9. The molecular weight excluding hydrogens is 319 g/mol. The van der Waals surface area contributed by atoms with Crippen molar-refractivity contribution in [1.29, 1.82) is 0 Å². The monoisotopic (exact) mass is 342 g/mol. The second-order valence-corrected chi connectivity index (χ2v) is 7.58. The van der Waals surface area contributed by atoms with Crippen molar-refractivity contribution in [1.82, 2.24) is 0 Å². The van der Waals surface area contributed by atoms with Gasteiger partial charge in [-0.25, -0.2) is 4.39 Å². The molecule has 2 rings (SSSR count). The van der Waals surface area contributed by atoms with E-state index >= 15 is 0 Å². The van der Waals surface area contributed by atoms with E-state index < -0.39 is 5.60 Å². The summed E-state index contributed by atoms with van der Waals surface area (Å²) < 4.78 is 13.9. The molecule has 2 atom stereocenters. The van der Waals surface area contributed by atoms with Crippen LogP contribution in [0.4, 0.5) is 4.39 Å². The first-order chi connectivity index (χ1) is 9.38. The first-order valence-electron chi connectivity index (χ1n) is 7.54. The average Bonchev–Trinajstić information content (AvgIpc) is 2.32. The number of rotatable bonds is 4. The lowest BCUT2D eigenvalue weighted by Gasteiger charge is -2.38. The molecule has 1 aliphatic rings. The molecule has 1 aromatic rings. The molecular formula is C17H24BrFO. The Hall–Kier alpha value is -0.410. The van der Waals surface area contributed by atoms with Crippen LogP contribution < -0.4 is 0 Å². The molecule has 0 spiro atoms. The summed E-state index contributed by atoms with van der Waals surface area (Å²) in [6.07, 6.45) is 5.84. The van der Waals surface area contributed by atoms with Gasteiger partial charge in [-0.3, -0.25) is 0 Å². The van der Waals surface area contributed by atoms with Crippen molar-refractivity contribution in [2.75, 3.05) is 0 Å². The molecule has 1 aliphatic carbocycles. The minimum atomic E-state index is -0.627. The van der Waals surface area contributed by atoms with Crippen molar-refractivity contribution >= 4 is 15.9 Å². The molecule has 2 unspecified atom stereocenters. The van der Waals surface area contributed by atoms with Gasteiger partial charge < -0.3 is 5.11 Å². The van der Waals surface area contributed by atoms with Gasteiger partial charge in [-0.05, 0) is 48.8 Å². The Morgan fingerprint density at radius 3 is 2.85 bits per heavy atom. The second kappa shape index (κ2) is 6.57. The molecule has 1 fully saturated rings. The molecule has 1 aromatic carbocycles. The van der Waals surface area contributed by atoms with Crippen molar-refractivity contribution in [2.45, 2.75) is 58.0 Å². The fraction of sp³-hybridized carbons (Fsp3) is 0.647. The summed E-state index contributed by atoms with van der Waals surface area (Å²) >= 11 is 3.40. The minimum Gasteiger partial charge on any atom is -0.390 e. The largest absolute Gasteiger partial charge is 0.390 e. The molecule has 0 bridgehead atoms. The molecule has 1 saturated carbocycles. The van der Waals surface area contributed by atoms with Crippen molar-refractivity contribution < 1.29 is 9.50 Å². The van der Waals surface area contributed by atoms with Gasteiger partial charge in [0.1, 0.15) is 5.82 Å². The maximum absolute atomic E-state index is 13.1. The third-order valence-electron chi connectivity index (χ3n) is 4.26. The van der Waals surface area contributed by atoms with Crippen LogP contribution in [0.15, 0.2) is 22.7 Å². The van der Waals surface area contributed by atoms with Gasteiger partial charge in [-0.2, -0.15) is 0 Å². The predicted molar refractivity (Wildman–Crippen MR) is 84.2 cm³/mol. The maximum atomic E-state index is 13.1. The first-order valence-corrected chi connectivity index (χ1v) is 8.33. The number of hydrogen-bond acceptors (Lipinski definition) is 1. The second-order valence-electron chi connectivity index (χ2n) is 6.73. The van der Waals surface area contributed by atoms with Crippen LogP contribution in [0.5, 0.6) is 0 Å². The van der Waals surface area contributed by atoms with Gasteiger partial charge >= 0.3 is 0 Å². The molecule has 0 saturated heterocycles. The highest BCUT2D eigenvalue weighted by molar-refractivity contribution is 9.10. The van der Waals surface area contributed by atoms with Crippen LogP contribution in [0.1, 0.15) is 51.5 Å². The van der Waals surface area contributed by atoms with Gasteiger partial charge in [0.2, 0.25) is 0 Å². The molecule has 0 amide bonds. The van der Waals surface area contributed by atoms with Gasteiger partial charge in [-0.15, -0.1) is 0 Å². The van der Waals surface area contributed by atoms with Gasteiger partial charge in [0.15, 0.2) is 0 Å². The van der Waals surface area contributed by atoms with Crippen LogP contribution in [0.25, 0.3) is 0 Å². The molecule has 20 heavy (non-hydrogen) atoms. The Kier molecular flexibility index (Phi) is 5.25. The van der Waals surface area contributed by atoms with E-state index in [1.807, 2.05) is 0 Å². The summed E-state index contributed by atoms with van der Waals surface area (Å²) in [5, 5.41) is 10.9. The Morgan fingerprint density at radius 2 is 2.20 bits per heavy atom. The minimum absolute atomic E-state index is 0.242. The number of benzene rings is 1. The van der Waals surface area contributed by atoms with E-state index in [0.717, 1.165) is 29.3 Å². The summed E-state index contributed by atoms with van der Waals surface area (Å²) in [6, 6.07) is 4.73. The van der Waals surface area contributed by atoms with Crippen LogP contribution in [0.3, 0.4) is 0 Å². The van der Waals surface area contributed by atoms with Crippen molar-refractivity contribution in [3.8, 4) is 0 Å². The number of aliphatic hydroxyl groups is 1. The zero-order valence-electron chi connectivity index (χ0n) is 12.3. The van der Waals surface area contributed by atoms with Gasteiger partial charge in [0, 0.05) is 10.9 Å². The van der Waals surface area contributed by atoms with E-state index in [2.05, 4.69) is 29.8 Å². The average molecular weight is 343 g/mol. The standard InChI is InChI=1S/C17H24BrFO/c1-12(2)8-13-4-3-7-17(20,10-13)11-14-5-6-15(19)9-16(14)18/h5-6,9,12-13,20H,3-4,7-8,10-11H2,1-2H3. The summed E-state index contributed by atoms with van der Waals surface area (Å²) in [7, 11) is 0. The van der Waals surface area contributed by atoms with Gasteiger partial charge in [0.25, 0.3) is 0 Å². The Labute approximate surface area is 129 Å². The van der Waals surface area contributed by atoms with Crippen LogP contribution in [-0.2, 0) is 6.42 Å². The lowest BCUT2D eigenvalue weighted by molar-refractivity contribution is -0.0190. The summed E-state index contributed by atoms with van der Waals surface area (Å²) in [5.41, 5.74) is 0.372. The lowest BCUT2D eigenvalue weighted by atomic mass is 9.73. The maximum Gasteiger partial charge on any atom is 0.124 e. The van der Waals surface area contributed by atoms with E-state index in [0.29, 0.717) is 18.3 Å². The molecule has 0 aromatic heterocycles. The van der Waals surface area contributed by atoms with Crippen molar-refractivity contribution in [2.24, 2.45) is 11.8 Å². The zero-order chi connectivity index (χ0) is 14.8. The van der Waals surface area contributed by atoms with Gasteiger partial charge in [0.05, 0.1) is 5.60 Å². The van der Waals surface area contributed by atoms with Crippen LogP contribution in [0, 0.1) is 17.7 Å². The quantitative estimate of drug-likeness (QED) is 0.807. The predicted octanol–water partition coefficient (Wildman–Crippen LogP) is 5.10. The number of hydrogen-bond donors (Lipinski definition) is 1. The topological polar surface area (TPSA) is 20.2 Å². The van der Waals surface area contributed by atoms with Crippen molar-refractivity contribution in [3.05, 3.63) is 34.1 Å². The summed E-state index contributed by atoms with van der Waals surface area (Å²) in [6.45, 7) is 4.48. The summed E-state index contributed by atoms with van der Waals surface area (Å²) in [5.74, 6) is 1.06. The SMILES string of the molecule is CC(C)CC1CCCC(O)(Cc2ccc(F)cc2Br)C1. The van der Waals surface area contributed by atoms with Crippen LogP contribution in [0.2, 0.25) is 0 Å². The molecule has 0 radical (unpaired) electrons. The van der Waals surface area contributed by atoms with Crippen LogP contribution in [-0.4, -0.2) is 10.7 Å². The lowest BCUT2D eigenvalue weighted by Crippen LogP contribution is -2.37. The normalized spacial score (nSPS) is 27.0. The highest BCUT2D eigenvalue weighted by atomic mass is 79.9. The third-order valence-corrected chi connectivity index (χ3v) is 5.00. The molecule has 0 heterocycles.